The lowest BCUT2D eigenvalue weighted by atomic mass is 9.88. The fraction of sp³-hybridized carbons (Fsp3) is 0.192. The number of benzene rings is 2. The summed E-state index contributed by atoms with van der Waals surface area (Å²) in [6.07, 6.45) is 6.23. The first-order chi connectivity index (χ1) is 16.2. The lowest BCUT2D eigenvalue weighted by Crippen LogP contribution is -2.25. The fourth-order valence-corrected chi connectivity index (χ4v) is 3.63. The standard InChI is InChI=1S/C24H16F2O6.C2H6/c1-12-7-9-24(2,23(30)31-11-27)10-8-13(12)18-14-3-5-16(28)19(25)21(14)32-22-15(18)4-6-17(29)20(22)26;1-2/h3-11,28H,1-2H3;1-2H3. The zero-order valence-electron chi connectivity index (χ0n) is 18.9. The third-order valence-electron chi connectivity index (χ3n) is 5.45. The van der Waals surface area contributed by atoms with Gasteiger partial charge in [-0.1, -0.05) is 38.2 Å². The highest BCUT2D eigenvalue weighted by molar-refractivity contribution is 6.02. The van der Waals surface area contributed by atoms with Crippen LogP contribution in [0.4, 0.5) is 8.78 Å². The molecule has 176 valence electrons. The Kier molecular flexibility index (Phi) is 6.81. The van der Waals surface area contributed by atoms with Crippen molar-refractivity contribution in [1.82, 2.24) is 0 Å². The smallest absolute Gasteiger partial charge is 0.327 e. The van der Waals surface area contributed by atoms with Crippen LogP contribution in [-0.2, 0) is 14.3 Å². The van der Waals surface area contributed by atoms with E-state index < -0.39 is 45.5 Å². The average Bonchev–Trinajstić information content (AvgIpc) is 2.98. The van der Waals surface area contributed by atoms with Crippen molar-refractivity contribution in [2.45, 2.75) is 27.7 Å². The van der Waals surface area contributed by atoms with Crippen LogP contribution in [0.2, 0.25) is 0 Å². The predicted molar refractivity (Wildman–Crippen MR) is 123 cm³/mol. The maximum Gasteiger partial charge on any atom is 0.327 e. The number of fused-ring (bicyclic) bond motifs is 2. The van der Waals surface area contributed by atoms with Gasteiger partial charge in [-0.25, -0.2) is 0 Å². The summed E-state index contributed by atoms with van der Waals surface area (Å²) in [5, 5.41) is 10.0. The second kappa shape index (κ2) is 9.43. The highest BCUT2D eigenvalue weighted by Crippen LogP contribution is 2.43. The molecule has 1 N–H and O–H groups in total. The van der Waals surface area contributed by atoms with Gasteiger partial charge in [0.1, 0.15) is 5.41 Å². The summed E-state index contributed by atoms with van der Waals surface area (Å²) in [5.74, 6) is -4.26. The Morgan fingerprint density at radius 1 is 1.09 bits per heavy atom. The largest absolute Gasteiger partial charge is 0.505 e. The lowest BCUT2D eigenvalue weighted by molar-refractivity contribution is -0.155. The molecule has 8 heteroatoms. The first-order valence-corrected chi connectivity index (χ1v) is 10.5. The number of carbonyl (C=O) groups excluding carboxylic acids is 2. The van der Waals surface area contributed by atoms with E-state index in [1.807, 2.05) is 13.8 Å². The SMILES string of the molecule is CC.CC1=C(c2c3ccc(=O)c(F)c-3oc3c(F)c(O)ccc23)C=CC(C)(C(=O)OC=O)C=C1. The van der Waals surface area contributed by atoms with E-state index in [1.54, 1.807) is 26.0 Å². The number of rotatable bonds is 3. The zero-order valence-corrected chi connectivity index (χ0v) is 18.9. The molecule has 1 aromatic carbocycles. The van der Waals surface area contributed by atoms with E-state index in [2.05, 4.69) is 4.74 Å². The van der Waals surface area contributed by atoms with Gasteiger partial charge >= 0.3 is 12.4 Å². The first-order valence-electron chi connectivity index (χ1n) is 10.5. The Morgan fingerprint density at radius 3 is 2.44 bits per heavy atom. The van der Waals surface area contributed by atoms with Gasteiger partial charge in [0, 0.05) is 16.5 Å². The molecule has 0 fully saturated rings. The Labute approximate surface area is 193 Å². The molecule has 0 radical (unpaired) electrons. The van der Waals surface area contributed by atoms with Gasteiger partial charge in [-0.3, -0.25) is 14.4 Å². The first kappa shape index (κ1) is 24.6. The van der Waals surface area contributed by atoms with Gasteiger partial charge in [0.2, 0.25) is 17.1 Å². The molecule has 0 amide bonds. The van der Waals surface area contributed by atoms with Gasteiger partial charge < -0.3 is 14.3 Å². The van der Waals surface area contributed by atoms with Crippen LogP contribution in [0.15, 0.2) is 63.4 Å². The van der Waals surface area contributed by atoms with Crippen LogP contribution in [0.5, 0.6) is 5.75 Å². The number of allylic oxidation sites excluding steroid dienone is 4. The highest BCUT2D eigenvalue weighted by Gasteiger charge is 2.32. The minimum Gasteiger partial charge on any atom is -0.505 e. The van der Waals surface area contributed by atoms with Crippen LogP contribution in [0.1, 0.15) is 33.3 Å². The molecule has 0 bridgehead atoms. The van der Waals surface area contributed by atoms with E-state index in [0.717, 1.165) is 12.1 Å². The Hall–Kier alpha value is -4.07. The van der Waals surface area contributed by atoms with Gasteiger partial charge in [0.05, 0.1) is 0 Å². The molecule has 1 unspecified atom stereocenters. The molecule has 3 aliphatic rings. The van der Waals surface area contributed by atoms with E-state index >= 15 is 0 Å². The van der Waals surface area contributed by atoms with Gasteiger partial charge in [0.15, 0.2) is 17.1 Å². The second-order valence-corrected chi connectivity index (χ2v) is 7.55. The fourth-order valence-electron chi connectivity index (χ4n) is 3.63. The molecule has 4 rings (SSSR count). The van der Waals surface area contributed by atoms with Crippen molar-refractivity contribution in [2.75, 3.05) is 0 Å². The number of ether oxygens (including phenoxy) is 1. The van der Waals surface area contributed by atoms with Gasteiger partial charge in [-0.2, -0.15) is 8.78 Å². The lowest BCUT2D eigenvalue weighted by Gasteiger charge is -2.18. The number of halogens is 2. The third-order valence-corrected chi connectivity index (χ3v) is 5.45. The predicted octanol–water partition coefficient (Wildman–Crippen LogP) is 5.51. The van der Waals surface area contributed by atoms with Crippen molar-refractivity contribution < 1.29 is 32.6 Å². The normalized spacial score (nSPS) is 17.4. The average molecular weight is 468 g/mol. The van der Waals surface area contributed by atoms with Crippen LogP contribution >= 0.6 is 0 Å². The van der Waals surface area contributed by atoms with Crippen LogP contribution in [-0.4, -0.2) is 17.5 Å². The molecule has 1 aliphatic heterocycles. The van der Waals surface area contributed by atoms with Crippen molar-refractivity contribution in [3.05, 3.63) is 81.6 Å². The molecule has 1 atom stereocenters. The number of hydrogen-bond donors (Lipinski definition) is 1. The van der Waals surface area contributed by atoms with Crippen molar-refractivity contribution >= 4 is 29.0 Å². The van der Waals surface area contributed by atoms with Gasteiger partial charge in [0.25, 0.3) is 0 Å². The molecule has 0 saturated heterocycles. The Balaban J connectivity index is 0.00000158. The summed E-state index contributed by atoms with van der Waals surface area (Å²) in [6.45, 7) is 7.31. The minimum absolute atomic E-state index is 0.0413. The Morgan fingerprint density at radius 2 is 1.76 bits per heavy atom. The number of aromatic hydroxyl groups is 1. The maximum absolute atomic E-state index is 14.7. The van der Waals surface area contributed by atoms with Crippen molar-refractivity contribution in [1.29, 1.82) is 0 Å². The van der Waals surface area contributed by atoms with Crippen molar-refractivity contribution in [2.24, 2.45) is 5.41 Å². The molecule has 0 aromatic heterocycles. The molecule has 0 saturated carbocycles. The van der Waals surface area contributed by atoms with Crippen LogP contribution in [0, 0.1) is 17.0 Å². The van der Waals surface area contributed by atoms with Gasteiger partial charge in [-0.05, 0) is 49.3 Å². The van der Waals surface area contributed by atoms with E-state index in [-0.39, 0.29) is 17.4 Å². The molecule has 6 nitrogen and oxygen atoms in total. The summed E-state index contributed by atoms with van der Waals surface area (Å²) < 4.78 is 39.3. The monoisotopic (exact) mass is 468 g/mol. The molecule has 1 heterocycles. The highest BCUT2D eigenvalue weighted by atomic mass is 19.1. The number of phenolic OH excluding ortho intramolecular Hbond substituents is 1. The molecular weight excluding hydrogens is 446 g/mol. The topological polar surface area (TPSA) is 93.8 Å². The molecule has 34 heavy (non-hydrogen) atoms. The van der Waals surface area contributed by atoms with E-state index in [0.29, 0.717) is 16.7 Å². The van der Waals surface area contributed by atoms with Crippen LogP contribution in [0.25, 0.3) is 27.9 Å². The Bertz CT molecular complexity index is 1410. The van der Waals surface area contributed by atoms with Crippen molar-refractivity contribution in [3.63, 3.8) is 0 Å². The molecular formula is C26H22F2O6. The second-order valence-electron chi connectivity index (χ2n) is 7.55. The van der Waals surface area contributed by atoms with Crippen molar-refractivity contribution in [3.8, 4) is 17.1 Å². The quantitative estimate of drug-likeness (QED) is 0.236. The summed E-state index contributed by atoms with van der Waals surface area (Å²) >= 11 is 0. The zero-order chi connectivity index (χ0) is 25.2. The number of esters is 1. The number of carbonyl (C=O) groups is 2. The number of phenols is 1. The molecule has 0 spiro atoms. The maximum atomic E-state index is 14.7. The molecule has 1 aromatic rings. The molecule has 2 aliphatic carbocycles. The summed E-state index contributed by atoms with van der Waals surface area (Å²) in [7, 11) is 0. The van der Waals surface area contributed by atoms with Gasteiger partial charge in [-0.15, -0.1) is 0 Å². The minimum atomic E-state index is -1.27. The summed E-state index contributed by atoms with van der Waals surface area (Å²) in [5.41, 5.74) is -0.987. The summed E-state index contributed by atoms with van der Waals surface area (Å²) in [6, 6.07) is 4.96. The van der Waals surface area contributed by atoms with E-state index in [9.17, 15) is 28.3 Å². The third kappa shape index (κ3) is 4.03. The van der Waals surface area contributed by atoms with E-state index in [1.165, 1.54) is 24.3 Å². The number of hydrogen-bond acceptors (Lipinski definition) is 6. The van der Waals surface area contributed by atoms with Crippen LogP contribution < -0.4 is 5.43 Å². The van der Waals surface area contributed by atoms with Crippen LogP contribution in [0.3, 0.4) is 0 Å². The van der Waals surface area contributed by atoms with E-state index in [4.69, 9.17) is 4.42 Å². The summed E-state index contributed by atoms with van der Waals surface area (Å²) in [4.78, 5) is 34.7.